The Hall–Kier alpha value is -3.13. The Kier molecular flexibility index (Phi) is 7.67. The number of hydrogen-bond acceptors (Lipinski definition) is 6. The van der Waals surface area contributed by atoms with Gasteiger partial charge in [-0.25, -0.2) is 4.79 Å². The highest BCUT2D eigenvalue weighted by Crippen LogP contribution is 2.29. The zero-order valence-electron chi connectivity index (χ0n) is 19.7. The van der Waals surface area contributed by atoms with Crippen molar-refractivity contribution in [1.29, 1.82) is 0 Å². The number of ether oxygens (including phenoxy) is 1. The fraction of sp³-hybridized carbons (Fsp3) is 0.500. The molecule has 0 spiro atoms. The number of piperidine rings is 1. The highest BCUT2D eigenvalue weighted by atomic mass is 16.6. The second-order valence-electron chi connectivity index (χ2n) is 9.71. The number of hydrogen-bond donors (Lipinski definition) is 2. The standard InChI is InChI=1S/C26H34N4O4/c1-26(16-7-17-29(19-26)21-12-14-22(15-13-21)30(32)33)28-24-11-6-5-10-23(24)27-25(31)34-18-20-8-3-2-4-9-20/h2-4,8-9,12-15,23-24,28H,5-7,10-11,16-19H2,1H3,(H,27,31)/t23-,24-,26+/m1/s1. The minimum absolute atomic E-state index is 0.0311. The van der Waals surface area contributed by atoms with E-state index < -0.39 is 0 Å². The summed E-state index contributed by atoms with van der Waals surface area (Å²) in [6, 6.07) is 16.7. The topological polar surface area (TPSA) is 96.7 Å². The van der Waals surface area contributed by atoms with E-state index in [9.17, 15) is 14.9 Å². The average molecular weight is 467 g/mol. The molecule has 0 aromatic heterocycles. The van der Waals surface area contributed by atoms with E-state index in [2.05, 4.69) is 22.5 Å². The maximum absolute atomic E-state index is 12.5. The molecule has 1 saturated heterocycles. The Bertz CT molecular complexity index is 969. The van der Waals surface area contributed by atoms with Gasteiger partial charge in [-0.1, -0.05) is 43.2 Å². The molecule has 34 heavy (non-hydrogen) atoms. The lowest BCUT2D eigenvalue weighted by Gasteiger charge is -2.46. The maximum Gasteiger partial charge on any atom is 0.407 e. The second kappa shape index (κ2) is 10.9. The van der Waals surface area contributed by atoms with Gasteiger partial charge >= 0.3 is 6.09 Å². The minimum Gasteiger partial charge on any atom is -0.445 e. The maximum atomic E-state index is 12.5. The van der Waals surface area contributed by atoms with Crippen molar-refractivity contribution in [2.45, 2.75) is 69.7 Å². The van der Waals surface area contributed by atoms with Gasteiger partial charge < -0.3 is 20.3 Å². The van der Waals surface area contributed by atoms with Crippen LogP contribution in [0, 0.1) is 10.1 Å². The van der Waals surface area contributed by atoms with Crippen LogP contribution in [0.5, 0.6) is 0 Å². The zero-order chi connectivity index (χ0) is 24.0. The van der Waals surface area contributed by atoms with Crippen LogP contribution >= 0.6 is 0 Å². The number of non-ortho nitro benzene ring substituents is 1. The Morgan fingerprint density at radius 2 is 1.79 bits per heavy atom. The summed E-state index contributed by atoms with van der Waals surface area (Å²) in [6.07, 6.45) is 5.87. The number of carbonyl (C=O) groups is 1. The average Bonchev–Trinajstić information content (AvgIpc) is 2.84. The minimum atomic E-state index is -0.371. The molecule has 0 unspecified atom stereocenters. The quantitative estimate of drug-likeness (QED) is 0.450. The summed E-state index contributed by atoms with van der Waals surface area (Å²) < 4.78 is 5.46. The molecule has 182 valence electrons. The Labute approximate surface area is 200 Å². The molecule has 1 amide bonds. The Morgan fingerprint density at radius 1 is 1.09 bits per heavy atom. The first-order valence-corrected chi connectivity index (χ1v) is 12.2. The smallest absolute Gasteiger partial charge is 0.407 e. The number of nitro benzene ring substituents is 1. The summed E-state index contributed by atoms with van der Waals surface area (Å²) in [5.74, 6) is 0. The number of anilines is 1. The Balaban J connectivity index is 1.35. The van der Waals surface area contributed by atoms with Crippen molar-refractivity contribution in [2.75, 3.05) is 18.0 Å². The molecule has 4 rings (SSSR count). The van der Waals surface area contributed by atoms with E-state index in [0.717, 1.165) is 62.9 Å². The number of nitrogens with one attached hydrogen (secondary N) is 2. The third kappa shape index (κ3) is 6.26. The fourth-order valence-electron chi connectivity index (χ4n) is 5.20. The number of nitro groups is 1. The first-order chi connectivity index (χ1) is 16.4. The van der Waals surface area contributed by atoms with Gasteiger partial charge in [0.05, 0.1) is 4.92 Å². The normalized spacial score (nSPS) is 24.9. The molecule has 1 aliphatic carbocycles. The van der Waals surface area contributed by atoms with Gasteiger partial charge in [-0.2, -0.15) is 0 Å². The van der Waals surface area contributed by atoms with Crippen LogP contribution in [0.15, 0.2) is 54.6 Å². The van der Waals surface area contributed by atoms with Crippen molar-refractivity contribution in [1.82, 2.24) is 10.6 Å². The number of alkyl carbamates (subject to hydrolysis) is 1. The van der Waals surface area contributed by atoms with Gasteiger partial charge in [0.25, 0.3) is 5.69 Å². The van der Waals surface area contributed by atoms with Crippen molar-refractivity contribution in [3.05, 3.63) is 70.3 Å². The van der Waals surface area contributed by atoms with E-state index in [4.69, 9.17) is 4.74 Å². The van der Waals surface area contributed by atoms with Crippen LogP contribution in [-0.4, -0.2) is 41.7 Å². The molecule has 2 aromatic carbocycles. The highest BCUT2D eigenvalue weighted by molar-refractivity contribution is 5.67. The summed E-state index contributed by atoms with van der Waals surface area (Å²) in [5.41, 5.74) is 1.96. The van der Waals surface area contributed by atoms with E-state index in [1.807, 2.05) is 42.5 Å². The number of carbonyl (C=O) groups excluding carboxylic acids is 1. The molecule has 1 saturated carbocycles. The molecule has 1 heterocycles. The van der Waals surface area contributed by atoms with Gasteiger partial charge in [0.1, 0.15) is 6.61 Å². The van der Waals surface area contributed by atoms with E-state index in [1.54, 1.807) is 12.1 Å². The summed E-state index contributed by atoms with van der Waals surface area (Å²) >= 11 is 0. The molecule has 0 radical (unpaired) electrons. The van der Waals surface area contributed by atoms with E-state index in [0.29, 0.717) is 0 Å². The summed E-state index contributed by atoms with van der Waals surface area (Å²) in [5, 5.41) is 18.0. The molecular weight excluding hydrogens is 432 g/mol. The summed E-state index contributed by atoms with van der Waals surface area (Å²) in [6.45, 7) is 4.24. The van der Waals surface area contributed by atoms with Crippen molar-refractivity contribution >= 4 is 17.5 Å². The third-order valence-electron chi connectivity index (χ3n) is 6.94. The predicted octanol–water partition coefficient (Wildman–Crippen LogP) is 4.78. The fourth-order valence-corrected chi connectivity index (χ4v) is 5.20. The van der Waals surface area contributed by atoms with Gasteiger partial charge in [0, 0.05) is 48.5 Å². The van der Waals surface area contributed by atoms with E-state index in [1.165, 1.54) is 0 Å². The van der Waals surface area contributed by atoms with Crippen LogP contribution in [0.4, 0.5) is 16.2 Å². The summed E-state index contributed by atoms with van der Waals surface area (Å²) in [7, 11) is 0. The number of amides is 1. The van der Waals surface area contributed by atoms with Crippen molar-refractivity contribution < 1.29 is 14.5 Å². The third-order valence-corrected chi connectivity index (χ3v) is 6.94. The lowest BCUT2D eigenvalue weighted by molar-refractivity contribution is -0.384. The van der Waals surface area contributed by atoms with Gasteiger partial charge in [-0.05, 0) is 50.3 Å². The number of rotatable bonds is 7. The monoisotopic (exact) mass is 466 g/mol. The van der Waals surface area contributed by atoms with E-state index >= 15 is 0 Å². The molecule has 0 bridgehead atoms. The molecule has 8 nitrogen and oxygen atoms in total. The Morgan fingerprint density at radius 3 is 2.50 bits per heavy atom. The van der Waals surface area contributed by atoms with Crippen LogP contribution in [-0.2, 0) is 11.3 Å². The molecule has 2 aliphatic rings. The second-order valence-corrected chi connectivity index (χ2v) is 9.71. The molecule has 3 atom stereocenters. The SMILES string of the molecule is C[C@]1(N[C@@H]2CCCC[C@H]2NC(=O)OCc2ccccc2)CCCN(c2ccc([N+](=O)[O-])cc2)C1. The van der Waals surface area contributed by atoms with Gasteiger partial charge in [0.15, 0.2) is 0 Å². The molecule has 1 aliphatic heterocycles. The van der Waals surface area contributed by atoms with E-state index in [-0.39, 0.29) is 40.9 Å². The predicted molar refractivity (Wildman–Crippen MR) is 132 cm³/mol. The van der Waals surface area contributed by atoms with Crippen LogP contribution in [0.1, 0.15) is 51.0 Å². The lowest BCUT2D eigenvalue weighted by Crippen LogP contribution is -2.63. The first-order valence-electron chi connectivity index (χ1n) is 12.2. The van der Waals surface area contributed by atoms with Crippen LogP contribution in [0.3, 0.4) is 0 Å². The van der Waals surface area contributed by atoms with Gasteiger partial charge in [-0.3, -0.25) is 10.1 Å². The number of nitrogens with zero attached hydrogens (tertiary/aromatic N) is 2. The first kappa shape index (κ1) is 24.0. The van der Waals surface area contributed by atoms with Crippen molar-refractivity contribution in [2.24, 2.45) is 0 Å². The molecule has 8 heteroatoms. The number of benzene rings is 2. The molecule has 2 N–H and O–H groups in total. The van der Waals surface area contributed by atoms with Crippen molar-refractivity contribution in [3.8, 4) is 0 Å². The highest BCUT2D eigenvalue weighted by Gasteiger charge is 2.36. The van der Waals surface area contributed by atoms with Crippen molar-refractivity contribution in [3.63, 3.8) is 0 Å². The summed E-state index contributed by atoms with van der Waals surface area (Å²) in [4.78, 5) is 25.4. The van der Waals surface area contributed by atoms with Crippen LogP contribution < -0.4 is 15.5 Å². The zero-order valence-corrected chi connectivity index (χ0v) is 19.7. The van der Waals surface area contributed by atoms with Crippen LogP contribution in [0.2, 0.25) is 0 Å². The molecular formula is C26H34N4O4. The lowest BCUT2D eigenvalue weighted by atomic mass is 9.84. The molecule has 2 aromatic rings. The van der Waals surface area contributed by atoms with Gasteiger partial charge in [-0.15, -0.1) is 0 Å². The molecule has 2 fully saturated rings. The van der Waals surface area contributed by atoms with Gasteiger partial charge in [0.2, 0.25) is 0 Å². The largest absolute Gasteiger partial charge is 0.445 e. The van der Waals surface area contributed by atoms with Crippen LogP contribution in [0.25, 0.3) is 0 Å².